The molecule has 0 amide bonds. The lowest BCUT2D eigenvalue weighted by atomic mass is 9.90. The smallest absolute Gasteiger partial charge is 0.0349 e. The lowest BCUT2D eigenvalue weighted by Crippen LogP contribution is -1.98. The van der Waals surface area contributed by atoms with E-state index in [1.54, 1.807) is 0 Å². The maximum absolute atomic E-state index is 3.61. The molecule has 0 saturated heterocycles. The first kappa shape index (κ1) is 11.2. The van der Waals surface area contributed by atoms with Crippen LogP contribution in [0.2, 0.25) is 0 Å². The zero-order chi connectivity index (χ0) is 12.8. The molecule has 0 spiro atoms. The molecule has 0 fully saturated rings. The largest absolute Gasteiger partial charge is 0.0804 e. The number of fused-ring (bicyclic) bond motifs is 3. The predicted molar refractivity (Wildman–Crippen MR) is 83.3 cm³/mol. The summed E-state index contributed by atoms with van der Waals surface area (Å²) in [5.41, 5.74) is 7.06. The van der Waals surface area contributed by atoms with Crippen LogP contribution in [0.15, 0.2) is 70.7 Å². The molecule has 1 unspecified atom stereocenters. The van der Waals surface area contributed by atoms with Gasteiger partial charge in [-0.1, -0.05) is 64.5 Å². The molecule has 4 rings (SSSR count). The van der Waals surface area contributed by atoms with E-state index in [9.17, 15) is 0 Å². The van der Waals surface area contributed by atoms with Crippen LogP contribution < -0.4 is 0 Å². The average molecular weight is 309 g/mol. The Labute approximate surface area is 121 Å². The molecule has 0 heterocycles. The van der Waals surface area contributed by atoms with Gasteiger partial charge in [-0.05, 0) is 46.4 Å². The fourth-order valence-corrected chi connectivity index (χ4v) is 3.61. The Morgan fingerprint density at radius 2 is 1.79 bits per heavy atom. The molecule has 0 bridgehead atoms. The van der Waals surface area contributed by atoms with Crippen molar-refractivity contribution in [3.8, 4) is 11.1 Å². The molecule has 0 N–H and O–H groups in total. The van der Waals surface area contributed by atoms with Crippen molar-refractivity contribution >= 4 is 15.9 Å². The van der Waals surface area contributed by atoms with Crippen LogP contribution in [-0.4, -0.2) is 0 Å². The molecular formula is C18H13Br. The highest BCUT2D eigenvalue weighted by molar-refractivity contribution is 9.10. The molecule has 0 aromatic heterocycles. The van der Waals surface area contributed by atoms with Crippen molar-refractivity contribution in [3.63, 3.8) is 0 Å². The van der Waals surface area contributed by atoms with E-state index < -0.39 is 0 Å². The maximum atomic E-state index is 3.61. The molecule has 2 aliphatic rings. The third-order valence-electron chi connectivity index (χ3n) is 4.02. The van der Waals surface area contributed by atoms with Crippen LogP contribution >= 0.6 is 15.9 Å². The maximum Gasteiger partial charge on any atom is 0.0349 e. The second-order valence-electron chi connectivity index (χ2n) is 5.09. The second-order valence-corrected chi connectivity index (χ2v) is 6.01. The van der Waals surface area contributed by atoms with Gasteiger partial charge in [-0.15, -0.1) is 0 Å². The van der Waals surface area contributed by atoms with E-state index in [1.807, 2.05) is 0 Å². The van der Waals surface area contributed by atoms with Gasteiger partial charge in [0.25, 0.3) is 0 Å². The second kappa shape index (κ2) is 4.21. The van der Waals surface area contributed by atoms with Gasteiger partial charge in [0.05, 0.1) is 0 Å². The van der Waals surface area contributed by atoms with E-state index in [4.69, 9.17) is 0 Å². The van der Waals surface area contributed by atoms with E-state index in [0.717, 1.165) is 10.9 Å². The van der Waals surface area contributed by atoms with E-state index >= 15 is 0 Å². The lowest BCUT2D eigenvalue weighted by molar-refractivity contribution is 1.02. The Balaban J connectivity index is 2.01. The third kappa shape index (κ3) is 1.65. The predicted octanol–water partition coefficient (Wildman–Crippen LogP) is 5.45. The van der Waals surface area contributed by atoms with Gasteiger partial charge in [-0.25, -0.2) is 0 Å². The normalized spacial score (nSPS) is 19.2. The number of halogens is 1. The first-order valence-electron chi connectivity index (χ1n) is 6.60. The molecule has 0 aliphatic heterocycles. The van der Waals surface area contributed by atoms with Crippen LogP contribution in [0.3, 0.4) is 0 Å². The minimum absolute atomic E-state index is 0.405. The number of hydrogen-bond acceptors (Lipinski definition) is 0. The summed E-state index contributed by atoms with van der Waals surface area (Å²) < 4.78 is 1.16. The highest BCUT2D eigenvalue weighted by Gasteiger charge is 2.30. The molecule has 19 heavy (non-hydrogen) atoms. The highest BCUT2D eigenvalue weighted by atomic mass is 79.9. The fourth-order valence-electron chi connectivity index (χ4n) is 3.23. The summed E-state index contributed by atoms with van der Waals surface area (Å²) in [4.78, 5) is 0. The summed E-state index contributed by atoms with van der Waals surface area (Å²) in [6, 6.07) is 15.4. The van der Waals surface area contributed by atoms with E-state index in [1.165, 1.54) is 27.8 Å². The van der Waals surface area contributed by atoms with Gasteiger partial charge in [-0.2, -0.15) is 0 Å². The molecule has 1 atom stereocenters. The van der Waals surface area contributed by atoms with E-state index in [0.29, 0.717) is 5.92 Å². The van der Waals surface area contributed by atoms with E-state index in [-0.39, 0.29) is 0 Å². The van der Waals surface area contributed by atoms with Gasteiger partial charge in [-0.3, -0.25) is 0 Å². The van der Waals surface area contributed by atoms with Crippen molar-refractivity contribution in [3.05, 3.63) is 81.9 Å². The monoisotopic (exact) mass is 308 g/mol. The van der Waals surface area contributed by atoms with Crippen LogP contribution in [0, 0.1) is 0 Å². The summed E-state index contributed by atoms with van der Waals surface area (Å²) in [7, 11) is 0. The van der Waals surface area contributed by atoms with Crippen molar-refractivity contribution in [2.45, 2.75) is 12.3 Å². The van der Waals surface area contributed by atoms with Crippen molar-refractivity contribution in [1.29, 1.82) is 0 Å². The van der Waals surface area contributed by atoms with Crippen LogP contribution in [0.1, 0.15) is 23.5 Å². The van der Waals surface area contributed by atoms with Crippen molar-refractivity contribution in [2.75, 3.05) is 0 Å². The summed E-state index contributed by atoms with van der Waals surface area (Å²) in [5.74, 6) is 0.405. The van der Waals surface area contributed by atoms with Crippen molar-refractivity contribution in [1.82, 2.24) is 0 Å². The van der Waals surface area contributed by atoms with Crippen LogP contribution in [0.4, 0.5) is 0 Å². The Kier molecular flexibility index (Phi) is 2.49. The van der Waals surface area contributed by atoms with Gasteiger partial charge in [0.1, 0.15) is 0 Å². The SMILES string of the molecule is Brc1ccc2c(c1)C(C1=CCC=C1)c1ccccc1-2. The molecule has 2 aromatic rings. The van der Waals surface area contributed by atoms with Gasteiger partial charge < -0.3 is 0 Å². The Hall–Kier alpha value is -1.60. The Morgan fingerprint density at radius 3 is 2.63 bits per heavy atom. The molecule has 92 valence electrons. The van der Waals surface area contributed by atoms with Crippen molar-refractivity contribution < 1.29 is 0 Å². The summed E-state index contributed by atoms with van der Waals surface area (Å²) >= 11 is 3.61. The molecular weight excluding hydrogens is 296 g/mol. The topological polar surface area (TPSA) is 0 Å². The molecule has 0 nitrogen and oxygen atoms in total. The third-order valence-corrected chi connectivity index (χ3v) is 4.51. The summed E-state index contributed by atoms with van der Waals surface area (Å²) in [6.45, 7) is 0. The molecule has 2 aromatic carbocycles. The number of benzene rings is 2. The minimum atomic E-state index is 0.405. The molecule has 1 heteroatoms. The first-order valence-corrected chi connectivity index (χ1v) is 7.39. The van der Waals surface area contributed by atoms with Crippen LogP contribution in [-0.2, 0) is 0 Å². The number of rotatable bonds is 1. The Bertz CT molecular complexity index is 722. The molecule has 0 radical (unpaired) electrons. The minimum Gasteiger partial charge on any atom is -0.0804 e. The van der Waals surface area contributed by atoms with Gasteiger partial charge in [0.2, 0.25) is 0 Å². The standard InChI is InChI=1S/C18H13Br/c19-13-9-10-15-14-7-3-4-8-16(14)18(17(15)11-13)12-5-1-2-6-12/h1,3-11,18H,2H2. The Morgan fingerprint density at radius 1 is 0.947 bits per heavy atom. The molecule has 0 saturated carbocycles. The lowest BCUT2D eigenvalue weighted by Gasteiger charge is -2.14. The van der Waals surface area contributed by atoms with Crippen molar-refractivity contribution in [2.24, 2.45) is 0 Å². The number of hydrogen-bond donors (Lipinski definition) is 0. The van der Waals surface area contributed by atoms with Gasteiger partial charge >= 0.3 is 0 Å². The van der Waals surface area contributed by atoms with Gasteiger partial charge in [0, 0.05) is 10.4 Å². The average Bonchev–Trinajstić information content (AvgIpc) is 3.03. The van der Waals surface area contributed by atoms with Gasteiger partial charge in [0.15, 0.2) is 0 Å². The summed E-state index contributed by atoms with van der Waals surface area (Å²) in [6.07, 6.45) is 7.93. The molecule has 2 aliphatic carbocycles. The van der Waals surface area contributed by atoms with E-state index in [2.05, 4.69) is 76.6 Å². The fraction of sp³-hybridized carbons (Fsp3) is 0.111. The quantitative estimate of drug-likeness (QED) is 0.657. The highest BCUT2D eigenvalue weighted by Crippen LogP contribution is 2.49. The zero-order valence-electron chi connectivity index (χ0n) is 10.4. The zero-order valence-corrected chi connectivity index (χ0v) is 12.0. The first-order chi connectivity index (χ1) is 9.34. The van der Waals surface area contributed by atoms with Crippen LogP contribution in [0.5, 0.6) is 0 Å². The van der Waals surface area contributed by atoms with Crippen LogP contribution in [0.25, 0.3) is 11.1 Å². The number of allylic oxidation sites excluding steroid dienone is 4. The summed E-state index contributed by atoms with van der Waals surface area (Å²) in [5, 5.41) is 0.